The van der Waals surface area contributed by atoms with Crippen LogP contribution in [0.2, 0.25) is 0 Å². The molecule has 0 amide bonds. The van der Waals surface area contributed by atoms with Crippen molar-refractivity contribution in [2.24, 2.45) is 11.8 Å². The van der Waals surface area contributed by atoms with E-state index in [1.807, 2.05) is 11.8 Å². The number of hydrogen-bond donors (Lipinski definition) is 1. The van der Waals surface area contributed by atoms with Gasteiger partial charge in [-0.1, -0.05) is 27.2 Å². The summed E-state index contributed by atoms with van der Waals surface area (Å²) in [6.45, 7) is 9.37. The van der Waals surface area contributed by atoms with E-state index in [0.717, 1.165) is 17.9 Å². The van der Waals surface area contributed by atoms with E-state index in [0.29, 0.717) is 6.04 Å². The molecule has 2 heteroatoms. The van der Waals surface area contributed by atoms with Crippen LogP contribution in [-0.2, 0) is 0 Å². The van der Waals surface area contributed by atoms with E-state index in [2.05, 4.69) is 33.0 Å². The zero-order chi connectivity index (χ0) is 11.3. The molecular formula is C13H27NS. The lowest BCUT2D eigenvalue weighted by Gasteiger charge is -2.35. The molecule has 1 fully saturated rings. The minimum Gasteiger partial charge on any atom is -0.310 e. The molecule has 4 unspecified atom stereocenters. The summed E-state index contributed by atoms with van der Waals surface area (Å²) in [5, 5.41) is 3.81. The number of nitrogens with one attached hydrogen (secondary N) is 1. The number of thioether (sulfide) groups is 1. The van der Waals surface area contributed by atoms with Gasteiger partial charge in [0.15, 0.2) is 0 Å². The van der Waals surface area contributed by atoms with Crippen molar-refractivity contribution < 1.29 is 0 Å². The third kappa shape index (κ3) is 4.78. The first-order valence-electron chi connectivity index (χ1n) is 6.47. The summed E-state index contributed by atoms with van der Waals surface area (Å²) in [6.07, 6.45) is 4.21. The van der Waals surface area contributed by atoms with Crippen molar-refractivity contribution in [1.82, 2.24) is 5.32 Å². The fourth-order valence-electron chi connectivity index (χ4n) is 2.47. The van der Waals surface area contributed by atoms with E-state index < -0.39 is 0 Å². The predicted octanol–water partition coefficient (Wildman–Crippen LogP) is 3.54. The minimum atomic E-state index is 0.674. The van der Waals surface area contributed by atoms with Gasteiger partial charge in [0, 0.05) is 17.8 Å². The average molecular weight is 229 g/mol. The predicted molar refractivity (Wildman–Crippen MR) is 71.6 cm³/mol. The number of rotatable bonds is 5. The summed E-state index contributed by atoms with van der Waals surface area (Å²) < 4.78 is 0. The molecule has 1 N–H and O–H groups in total. The summed E-state index contributed by atoms with van der Waals surface area (Å²) in [5.74, 6) is 4.29. The van der Waals surface area contributed by atoms with Gasteiger partial charge in [-0.2, -0.15) is 11.8 Å². The highest BCUT2D eigenvalue weighted by molar-refractivity contribution is 7.99. The van der Waals surface area contributed by atoms with Gasteiger partial charge < -0.3 is 5.32 Å². The second-order valence-electron chi connectivity index (χ2n) is 5.23. The minimum absolute atomic E-state index is 0.674. The van der Waals surface area contributed by atoms with Crippen LogP contribution in [0.15, 0.2) is 0 Å². The lowest BCUT2D eigenvalue weighted by atomic mass is 9.80. The fraction of sp³-hybridized carbons (Fsp3) is 1.00. The Labute approximate surface area is 99.8 Å². The van der Waals surface area contributed by atoms with E-state index in [9.17, 15) is 0 Å². The van der Waals surface area contributed by atoms with Crippen LogP contribution in [-0.4, -0.2) is 23.6 Å². The van der Waals surface area contributed by atoms with Gasteiger partial charge in [-0.3, -0.25) is 0 Å². The van der Waals surface area contributed by atoms with Crippen LogP contribution in [0.5, 0.6) is 0 Å². The maximum atomic E-state index is 3.81. The monoisotopic (exact) mass is 229 g/mol. The zero-order valence-electron chi connectivity index (χ0n) is 10.8. The second-order valence-corrected chi connectivity index (χ2v) is 6.55. The van der Waals surface area contributed by atoms with E-state index in [-0.39, 0.29) is 0 Å². The highest BCUT2D eigenvalue weighted by Gasteiger charge is 2.25. The van der Waals surface area contributed by atoms with Crippen molar-refractivity contribution in [3.8, 4) is 0 Å². The lowest BCUT2D eigenvalue weighted by Crippen LogP contribution is -2.44. The van der Waals surface area contributed by atoms with Crippen molar-refractivity contribution in [3.63, 3.8) is 0 Å². The first-order chi connectivity index (χ1) is 7.13. The molecule has 1 aliphatic carbocycles. The van der Waals surface area contributed by atoms with Crippen molar-refractivity contribution in [2.75, 3.05) is 11.5 Å². The molecule has 0 aromatic rings. The van der Waals surface area contributed by atoms with Crippen LogP contribution >= 0.6 is 11.8 Å². The van der Waals surface area contributed by atoms with Crippen molar-refractivity contribution in [1.29, 1.82) is 0 Å². The molecule has 15 heavy (non-hydrogen) atoms. The standard InChI is InChI=1S/C13H27NS/c1-5-15-9-12(4)14-13-8-10(2)6-7-11(13)3/h10-14H,5-9H2,1-4H3. The van der Waals surface area contributed by atoms with Crippen molar-refractivity contribution >= 4 is 11.8 Å². The largest absolute Gasteiger partial charge is 0.310 e. The Morgan fingerprint density at radius 3 is 2.73 bits per heavy atom. The molecule has 1 nitrogen and oxygen atoms in total. The first-order valence-corrected chi connectivity index (χ1v) is 7.62. The second kappa shape index (κ2) is 6.80. The van der Waals surface area contributed by atoms with Crippen molar-refractivity contribution in [2.45, 2.75) is 59.0 Å². The molecule has 0 aromatic heterocycles. The molecule has 1 saturated carbocycles. The van der Waals surface area contributed by atoms with Gasteiger partial charge in [0.2, 0.25) is 0 Å². The zero-order valence-corrected chi connectivity index (χ0v) is 11.6. The third-order valence-electron chi connectivity index (χ3n) is 3.53. The first kappa shape index (κ1) is 13.4. The molecule has 0 heterocycles. The Balaban J connectivity index is 2.28. The smallest absolute Gasteiger partial charge is 0.0132 e. The molecule has 0 aromatic carbocycles. The fourth-order valence-corrected chi connectivity index (χ4v) is 3.16. The number of hydrogen-bond acceptors (Lipinski definition) is 2. The lowest BCUT2D eigenvalue weighted by molar-refractivity contribution is 0.219. The molecule has 1 aliphatic rings. The Morgan fingerprint density at radius 2 is 2.07 bits per heavy atom. The van der Waals surface area contributed by atoms with E-state index in [4.69, 9.17) is 0 Å². The van der Waals surface area contributed by atoms with Gasteiger partial charge in [-0.15, -0.1) is 0 Å². The van der Waals surface area contributed by atoms with Gasteiger partial charge >= 0.3 is 0 Å². The molecular weight excluding hydrogens is 202 g/mol. The van der Waals surface area contributed by atoms with E-state index in [1.165, 1.54) is 30.8 Å². The normalized spacial score (nSPS) is 34.0. The van der Waals surface area contributed by atoms with E-state index in [1.54, 1.807) is 0 Å². The van der Waals surface area contributed by atoms with Gasteiger partial charge in [0.25, 0.3) is 0 Å². The molecule has 90 valence electrons. The summed E-state index contributed by atoms with van der Waals surface area (Å²) in [4.78, 5) is 0. The quantitative estimate of drug-likeness (QED) is 0.774. The van der Waals surface area contributed by atoms with Gasteiger partial charge in [0.05, 0.1) is 0 Å². The molecule has 0 saturated heterocycles. The molecule has 0 bridgehead atoms. The van der Waals surface area contributed by atoms with Gasteiger partial charge in [0.1, 0.15) is 0 Å². The Bertz CT molecular complexity index is 172. The Hall–Kier alpha value is 0.310. The molecule has 0 spiro atoms. The van der Waals surface area contributed by atoms with Crippen LogP contribution in [0.4, 0.5) is 0 Å². The van der Waals surface area contributed by atoms with E-state index >= 15 is 0 Å². The van der Waals surface area contributed by atoms with Crippen LogP contribution < -0.4 is 5.32 Å². The molecule has 4 atom stereocenters. The highest BCUT2D eigenvalue weighted by Crippen LogP contribution is 2.28. The maximum Gasteiger partial charge on any atom is 0.0132 e. The topological polar surface area (TPSA) is 12.0 Å². The molecule has 0 aliphatic heterocycles. The third-order valence-corrected chi connectivity index (χ3v) is 4.67. The highest BCUT2D eigenvalue weighted by atomic mass is 32.2. The van der Waals surface area contributed by atoms with Crippen LogP contribution in [0, 0.1) is 11.8 Å². The summed E-state index contributed by atoms with van der Waals surface area (Å²) in [6, 6.07) is 1.44. The SMILES string of the molecule is CCSCC(C)NC1CC(C)CCC1C. The van der Waals surface area contributed by atoms with Gasteiger partial charge in [-0.05, 0) is 37.4 Å². The Kier molecular flexibility index (Phi) is 6.06. The van der Waals surface area contributed by atoms with Crippen molar-refractivity contribution in [3.05, 3.63) is 0 Å². The van der Waals surface area contributed by atoms with Crippen LogP contribution in [0.3, 0.4) is 0 Å². The summed E-state index contributed by atoms with van der Waals surface area (Å²) in [5.41, 5.74) is 0. The Morgan fingerprint density at radius 1 is 1.33 bits per heavy atom. The molecule has 1 rings (SSSR count). The van der Waals surface area contributed by atoms with Crippen LogP contribution in [0.25, 0.3) is 0 Å². The van der Waals surface area contributed by atoms with Gasteiger partial charge in [-0.25, -0.2) is 0 Å². The maximum absolute atomic E-state index is 3.81. The van der Waals surface area contributed by atoms with Crippen LogP contribution in [0.1, 0.15) is 47.0 Å². The average Bonchev–Trinajstić information content (AvgIpc) is 2.20. The summed E-state index contributed by atoms with van der Waals surface area (Å²) in [7, 11) is 0. The summed E-state index contributed by atoms with van der Waals surface area (Å²) >= 11 is 2.04. The molecule has 0 radical (unpaired) electrons.